The lowest BCUT2D eigenvalue weighted by Gasteiger charge is -2.35. The molecule has 8 nitrogen and oxygen atoms in total. The van der Waals surface area contributed by atoms with Gasteiger partial charge >= 0.3 is 6.09 Å². The normalized spacial score (nSPS) is 18.1. The number of carbonyl (C=O) groups is 1. The molecule has 1 unspecified atom stereocenters. The molecule has 0 saturated carbocycles. The molecule has 1 fully saturated rings. The summed E-state index contributed by atoms with van der Waals surface area (Å²) in [5.41, 5.74) is -0.757. The monoisotopic (exact) mass is 428 g/mol. The first-order valence-electron chi connectivity index (χ1n) is 11.1. The number of hydrogen-bond donors (Lipinski definition) is 2. The average Bonchev–Trinajstić information content (AvgIpc) is 2.67. The second kappa shape index (κ2) is 12.3. The minimum Gasteiger partial charge on any atom is -0.444 e. The molecule has 176 valence electrons. The smallest absolute Gasteiger partial charge is 0.407 e. The van der Waals surface area contributed by atoms with Crippen LogP contribution in [0, 0.1) is 5.92 Å². The summed E-state index contributed by atoms with van der Waals surface area (Å²) in [5.74, 6) is 1.14. The first-order chi connectivity index (χ1) is 14.0. The van der Waals surface area contributed by atoms with Gasteiger partial charge in [0.05, 0.1) is 12.1 Å². The third kappa shape index (κ3) is 9.51. The number of methoxy groups -OCH3 is 1. The van der Waals surface area contributed by atoms with Crippen LogP contribution in [0.15, 0.2) is 4.99 Å². The Hall–Kier alpha value is -1.54. The molecule has 1 aliphatic rings. The quantitative estimate of drug-likeness (QED) is 0.434. The number of carbonyl (C=O) groups excluding carboxylic acids is 1. The number of ether oxygens (including phenoxy) is 3. The fraction of sp³-hybridized carbons (Fsp3) is 0.909. The number of nitrogens with one attached hydrogen (secondary N) is 2. The van der Waals surface area contributed by atoms with Crippen molar-refractivity contribution in [2.24, 2.45) is 10.9 Å². The first kappa shape index (κ1) is 26.5. The second-order valence-electron chi connectivity index (χ2n) is 9.38. The molecular weight excluding hydrogens is 384 g/mol. The topological polar surface area (TPSA) is 84.4 Å². The van der Waals surface area contributed by atoms with Gasteiger partial charge in [-0.25, -0.2) is 4.79 Å². The fourth-order valence-corrected chi connectivity index (χ4v) is 3.33. The highest BCUT2D eigenvalue weighted by Crippen LogP contribution is 2.24. The van der Waals surface area contributed by atoms with Crippen molar-refractivity contribution in [3.63, 3.8) is 0 Å². The van der Waals surface area contributed by atoms with Crippen LogP contribution in [0.5, 0.6) is 0 Å². The van der Waals surface area contributed by atoms with Crippen LogP contribution in [0.2, 0.25) is 0 Å². The second-order valence-corrected chi connectivity index (χ2v) is 9.38. The zero-order chi connectivity index (χ0) is 22.8. The van der Waals surface area contributed by atoms with Gasteiger partial charge in [0.15, 0.2) is 5.96 Å². The third-order valence-electron chi connectivity index (χ3n) is 5.33. The van der Waals surface area contributed by atoms with E-state index in [2.05, 4.69) is 36.3 Å². The maximum absolute atomic E-state index is 12.2. The molecule has 0 bridgehead atoms. The molecule has 0 aromatic rings. The highest BCUT2D eigenvalue weighted by atomic mass is 16.6. The van der Waals surface area contributed by atoms with E-state index in [4.69, 9.17) is 19.2 Å². The van der Waals surface area contributed by atoms with Crippen molar-refractivity contribution in [1.82, 2.24) is 15.5 Å². The number of rotatable bonds is 9. The number of aliphatic imine (C=N–C) groups is 1. The summed E-state index contributed by atoms with van der Waals surface area (Å²) < 4.78 is 16.7. The molecule has 0 aromatic heterocycles. The number of guanidine groups is 1. The molecule has 8 heteroatoms. The molecule has 1 saturated heterocycles. The van der Waals surface area contributed by atoms with Crippen LogP contribution in [0.25, 0.3) is 0 Å². The van der Waals surface area contributed by atoms with E-state index in [9.17, 15) is 4.79 Å². The predicted molar refractivity (Wildman–Crippen MR) is 121 cm³/mol. The van der Waals surface area contributed by atoms with Crippen LogP contribution in [-0.2, 0) is 14.2 Å². The van der Waals surface area contributed by atoms with Crippen molar-refractivity contribution in [3.05, 3.63) is 0 Å². The number of alkyl carbamates (subject to hydrolysis) is 1. The predicted octanol–water partition coefficient (Wildman–Crippen LogP) is 3.02. The Morgan fingerprint density at radius 1 is 1.27 bits per heavy atom. The molecular formula is C22H44N4O4. The van der Waals surface area contributed by atoms with E-state index in [0.29, 0.717) is 25.7 Å². The molecule has 0 aromatic carbocycles. The van der Waals surface area contributed by atoms with E-state index >= 15 is 0 Å². The van der Waals surface area contributed by atoms with Gasteiger partial charge in [-0.3, -0.25) is 4.99 Å². The Labute approximate surface area is 183 Å². The van der Waals surface area contributed by atoms with Crippen molar-refractivity contribution in [2.75, 3.05) is 47.0 Å². The molecule has 30 heavy (non-hydrogen) atoms. The van der Waals surface area contributed by atoms with Crippen LogP contribution in [0.4, 0.5) is 4.79 Å². The van der Waals surface area contributed by atoms with Crippen LogP contribution in [-0.4, -0.2) is 81.2 Å². The Morgan fingerprint density at radius 3 is 2.40 bits per heavy atom. The third-order valence-corrected chi connectivity index (χ3v) is 5.33. The molecule has 0 spiro atoms. The lowest BCUT2D eigenvalue weighted by molar-refractivity contribution is -0.0829. The summed E-state index contributed by atoms with van der Waals surface area (Å²) in [7, 11) is 3.78. The summed E-state index contributed by atoms with van der Waals surface area (Å²) in [6.07, 6.45) is 2.13. The summed E-state index contributed by atoms with van der Waals surface area (Å²) in [6.45, 7) is 15.4. The number of hydrogen-bond acceptors (Lipinski definition) is 5. The molecule has 1 atom stereocenters. The van der Waals surface area contributed by atoms with Gasteiger partial charge in [-0.05, 0) is 40.0 Å². The van der Waals surface area contributed by atoms with Crippen LogP contribution in [0.3, 0.4) is 0 Å². The van der Waals surface area contributed by atoms with Gasteiger partial charge in [-0.2, -0.15) is 0 Å². The maximum atomic E-state index is 12.2. The lowest BCUT2D eigenvalue weighted by Crippen LogP contribution is -2.46. The standard InChI is InChI=1S/C22H44N4O4/c1-9-23-19(24-16-22(28-8)11-14-29-15-12-22)26(7)13-10-18(17(2)3)25-20(27)30-21(4,5)6/h17-18H,9-16H2,1-8H3,(H,23,24)(H,25,27). The van der Waals surface area contributed by atoms with Gasteiger partial charge in [0.25, 0.3) is 0 Å². The first-order valence-corrected chi connectivity index (χ1v) is 11.1. The van der Waals surface area contributed by atoms with E-state index in [1.54, 1.807) is 7.11 Å². The molecule has 2 N–H and O–H groups in total. The summed E-state index contributed by atoms with van der Waals surface area (Å²) in [5, 5.41) is 6.38. The van der Waals surface area contributed by atoms with E-state index in [-0.39, 0.29) is 17.7 Å². The zero-order valence-electron chi connectivity index (χ0n) is 20.3. The molecule has 1 amide bonds. The maximum Gasteiger partial charge on any atom is 0.407 e. The molecule has 0 aliphatic carbocycles. The van der Waals surface area contributed by atoms with Crippen molar-refractivity contribution in [1.29, 1.82) is 0 Å². The Kier molecular flexibility index (Phi) is 10.9. The zero-order valence-corrected chi connectivity index (χ0v) is 20.3. The summed E-state index contributed by atoms with van der Waals surface area (Å²) in [4.78, 5) is 19.2. The van der Waals surface area contributed by atoms with Gasteiger partial charge in [0.2, 0.25) is 0 Å². The van der Waals surface area contributed by atoms with Gasteiger partial charge < -0.3 is 29.7 Å². The van der Waals surface area contributed by atoms with Crippen molar-refractivity contribution in [2.45, 2.75) is 78.0 Å². The summed E-state index contributed by atoms with van der Waals surface area (Å²) >= 11 is 0. The van der Waals surface area contributed by atoms with E-state index in [1.807, 2.05) is 27.8 Å². The minimum absolute atomic E-state index is 0.0194. The van der Waals surface area contributed by atoms with Crippen molar-refractivity contribution >= 4 is 12.1 Å². The van der Waals surface area contributed by atoms with Gasteiger partial charge in [-0.15, -0.1) is 0 Å². The highest BCUT2D eigenvalue weighted by Gasteiger charge is 2.32. The van der Waals surface area contributed by atoms with Crippen molar-refractivity contribution in [3.8, 4) is 0 Å². The van der Waals surface area contributed by atoms with Crippen LogP contribution in [0.1, 0.15) is 60.8 Å². The number of amides is 1. The van der Waals surface area contributed by atoms with E-state index in [0.717, 1.165) is 38.3 Å². The van der Waals surface area contributed by atoms with Crippen molar-refractivity contribution < 1.29 is 19.0 Å². The lowest BCUT2D eigenvalue weighted by atomic mass is 9.94. The van der Waals surface area contributed by atoms with E-state index < -0.39 is 5.60 Å². The van der Waals surface area contributed by atoms with Crippen LogP contribution < -0.4 is 10.6 Å². The highest BCUT2D eigenvalue weighted by molar-refractivity contribution is 5.79. The molecule has 1 heterocycles. The largest absolute Gasteiger partial charge is 0.444 e. The van der Waals surface area contributed by atoms with Gasteiger partial charge in [-0.1, -0.05) is 13.8 Å². The average molecular weight is 429 g/mol. The molecule has 1 rings (SSSR count). The fourth-order valence-electron chi connectivity index (χ4n) is 3.33. The minimum atomic E-state index is -0.505. The summed E-state index contributed by atoms with van der Waals surface area (Å²) in [6, 6.07) is 0.0194. The van der Waals surface area contributed by atoms with Crippen LogP contribution >= 0.6 is 0 Å². The molecule has 1 aliphatic heterocycles. The Balaban J connectivity index is 2.71. The van der Waals surface area contributed by atoms with Gasteiger partial charge in [0, 0.05) is 59.3 Å². The van der Waals surface area contributed by atoms with E-state index in [1.165, 1.54) is 0 Å². The molecule has 0 radical (unpaired) electrons. The van der Waals surface area contributed by atoms with Gasteiger partial charge in [0.1, 0.15) is 5.60 Å². The Morgan fingerprint density at radius 2 is 1.90 bits per heavy atom. The SMILES string of the molecule is CCNC(=NCC1(OC)CCOCC1)N(C)CCC(NC(=O)OC(C)(C)C)C(C)C. The Bertz CT molecular complexity index is 540. The number of nitrogens with zero attached hydrogens (tertiary/aromatic N) is 2.